The first kappa shape index (κ1) is 16.1. The fourth-order valence-corrected chi connectivity index (χ4v) is 2.00. The summed E-state index contributed by atoms with van der Waals surface area (Å²) >= 11 is 0. The summed E-state index contributed by atoms with van der Waals surface area (Å²) in [5.41, 5.74) is 1.88. The van der Waals surface area contributed by atoms with E-state index in [2.05, 4.69) is 26.1 Å². The monoisotopic (exact) mass is 303 g/mol. The van der Waals surface area contributed by atoms with Crippen LogP contribution in [-0.4, -0.2) is 17.7 Å². The highest BCUT2D eigenvalue weighted by Crippen LogP contribution is 2.25. The van der Waals surface area contributed by atoms with Gasteiger partial charge in [0.2, 0.25) is 0 Å². The minimum Gasteiger partial charge on any atom is -0.419 e. The van der Waals surface area contributed by atoms with Crippen molar-refractivity contribution in [3.05, 3.63) is 41.6 Å². The van der Waals surface area contributed by atoms with Crippen LogP contribution in [0, 0.1) is 0 Å². The molecule has 5 nitrogen and oxygen atoms in total. The first-order valence-electron chi connectivity index (χ1n) is 7.12. The summed E-state index contributed by atoms with van der Waals surface area (Å²) in [6.45, 7) is 9.42. The molecule has 0 bridgehead atoms. The number of cyclic esters (lactones) is 2. The van der Waals surface area contributed by atoms with Crippen molar-refractivity contribution in [3.63, 3.8) is 0 Å². The highest BCUT2D eigenvalue weighted by Gasteiger charge is 2.38. The van der Waals surface area contributed by atoms with Crippen molar-refractivity contribution in [1.82, 2.24) is 0 Å². The Hall–Kier alpha value is -2.30. The van der Waals surface area contributed by atoms with Crippen LogP contribution >= 0.6 is 0 Å². The molecule has 0 unspecified atom stereocenters. The van der Waals surface area contributed by atoms with Crippen molar-refractivity contribution in [1.29, 1.82) is 0 Å². The maximum Gasteiger partial charge on any atom is 0.350 e. The van der Waals surface area contributed by atoms with Gasteiger partial charge in [-0.2, -0.15) is 0 Å². The molecular formula is C17H21NO4. The summed E-state index contributed by atoms with van der Waals surface area (Å²) in [6.07, 6.45) is 1.31. The highest BCUT2D eigenvalue weighted by molar-refractivity contribution is 6.15. The van der Waals surface area contributed by atoms with E-state index in [1.165, 1.54) is 25.6 Å². The second-order valence-electron chi connectivity index (χ2n) is 6.71. The van der Waals surface area contributed by atoms with Crippen LogP contribution in [0.5, 0.6) is 0 Å². The normalized spacial score (nSPS) is 17.6. The van der Waals surface area contributed by atoms with Crippen molar-refractivity contribution < 1.29 is 19.1 Å². The third-order valence-corrected chi connectivity index (χ3v) is 3.25. The van der Waals surface area contributed by atoms with Crippen molar-refractivity contribution in [2.24, 2.45) is 0 Å². The fraction of sp³-hybridized carbons (Fsp3) is 0.412. The lowest BCUT2D eigenvalue weighted by molar-refractivity contribution is -0.222. The zero-order valence-corrected chi connectivity index (χ0v) is 13.5. The van der Waals surface area contributed by atoms with Crippen molar-refractivity contribution in [2.45, 2.75) is 45.8 Å². The molecule has 1 fully saturated rings. The average molecular weight is 303 g/mol. The molecule has 1 aromatic rings. The highest BCUT2D eigenvalue weighted by atomic mass is 16.7. The maximum atomic E-state index is 11.8. The molecule has 1 N–H and O–H groups in total. The number of ether oxygens (including phenoxy) is 2. The summed E-state index contributed by atoms with van der Waals surface area (Å²) in [4.78, 5) is 23.6. The average Bonchev–Trinajstić information content (AvgIpc) is 2.35. The Balaban J connectivity index is 2.12. The Kier molecular flexibility index (Phi) is 4.00. The van der Waals surface area contributed by atoms with Gasteiger partial charge in [0.1, 0.15) is 0 Å². The molecule has 0 atom stereocenters. The van der Waals surface area contributed by atoms with Gasteiger partial charge in [-0.3, -0.25) is 0 Å². The third-order valence-electron chi connectivity index (χ3n) is 3.25. The quantitative estimate of drug-likeness (QED) is 0.516. The topological polar surface area (TPSA) is 64.6 Å². The van der Waals surface area contributed by atoms with Crippen LogP contribution in [-0.2, 0) is 24.5 Å². The molecule has 0 saturated carbocycles. The van der Waals surface area contributed by atoms with Crippen LogP contribution in [0.4, 0.5) is 5.69 Å². The maximum absolute atomic E-state index is 11.8. The molecule has 5 heteroatoms. The van der Waals surface area contributed by atoms with E-state index in [1.54, 1.807) is 0 Å². The largest absolute Gasteiger partial charge is 0.419 e. The van der Waals surface area contributed by atoms with Gasteiger partial charge < -0.3 is 14.8 Å². The number of benzene rings is 1. The van der Waals surface area contributed by atoms with E-state index in [0.29, 0.717) is 0 Å². The predicted octanol–water partition coefficient (Wildman–Crippen LogP) is 3.12. The van der Waals surface area contributed by atoms with E-state index in [0.717, 1.165) is 5.69 Å². The van der Waals surface area contributed by atoms with Crippen LogP contribution in [0.1, 0.15) is 40.2 Å². The summed E-state index contributed by atoms with van der Waals surface area (Å²) < 4.78 is 10.0. The number of hydrogen-bond donors (Lipinski definition) is 1. The van der Waals surface area contributed by atoms with Gasteiger partial charge in [0.05, 0.1) is 0 Å². The van der Waals surface area contributed by atoms with E-state index in [-0.39, 0.29) is 11.0 Å². The van der Waals surface area contributed by atoms with Crippen LogP contribution in [0.25, 0.3) is 0 Å². The molecule has 1 aliphatic heterocycles. The van der Waals surface area contributed by atoms with Crippen LogP contribution in [0.3, 0.4) is 0 Å². The molecule has 1 heterocycles. The minimum absolute atomic E-state index is 0.0690. The van der Waals surface area contributed by atoms with Crippen molar-refractivity contribution in [2.75, 3.05) is 5.32 Å². The number of nitrogens with one attached hydrogen (secondary N) is 1. The van der Waals surface area contributed by atoms with Gasteiger partial charge >= 0.3 is 11.9 Å². The molecule has 1 aromatic carbocycles. The van der Waals surface area contributed by atoms with E-state index in [9.17, 15) is 9.59 Å². The molecule has 0 amide bonds. The van der Waals surface area contributed by atoms with Gasteiger partial charge in [-0.15, -0.1) is 0 Å². The van der Waals surface area contributed by atoms with E-state index in [1.807, 2.05) is 24.3 Å². The molecule has 118 valence electrons. The molecule has 0 spiro atoms. The van der Waals surface area contributed by atoms with E-state index in [4.69, 9.17) is 9.47 Å². The van der Waals surface area contributed by atoms with E-state index >= 15 is 0 Å². The summed E-state index contributed by atoms with van der Waals surface area (Å²) in [5.74, 6) is -2.61. The van der Waals surface area contributed by atoms with Gasteiger partial charge in [0.15, 0.2) is 5.57 Å². The number of carbonyl (C=O) groups is 2. The van der Waals surface area contributed by atoms with Gasteiger partial charge in [0, 0.05) is 25.7 Å². The third kappa shape index (κ3) is 3.67. The fourth-order valence-electron chi connectivity index (χ4n) is 2.00. The number of rotatable bonds is 2. The number of esters is 2. The number of anilines is 1. The van der Waals surface area contributed by atoms with Gasteiger partial charge in [-0.1, -0.05) is 32.9 Å². The lowest BCUT2D eigenvalue weighted by Gasteiger charge is -2.29. The SMILES string of the molecule is CC1(C)OC(=O)C(=CNc2ccc(C(C)(C)C)cc2)C(=O)O1. The van der Waals surface area contributed by atoms with Crippen molar-refractivity contribution >= 4 is 17.6 Å². The van der Waals surface area contributed by atoms with Crippen LogP contribution < -0.4 is 5.32 Å². The Morgan fingerprint density at radius 1 is 1.00 bits per heavy atom. The Bertz CT molecular complexity index is 599. The summed E-state index contributed by atoms with van der Waals surface area (Å²) in [7, 11) is 0. The van der Waals surface area contributed by atoms with Crippen LogP contribution in [0.15, 0.2) is 36.0 Å². The molecule has 2 rings (SSSR count). The first-order valence-corrected chi connectivity index (χ1v) is 7.12. The molecule has 1 saturated heterocycles. The molecule has 0 radical (unpaired) electrons. The molecule has 1 aliphatic rings. The van der Waals surface area contributed by atoms with E-state index < -0.39 is 17.7 Å². The lowest BCUT2D eigenvalue weighted by atomic mass is 9.87. The molecule has 0 aromatic heterocycles. The minimum atomic E-state index is -1.22. The zero-order valence-electron chi connectivity index (χ0n) is 13.5. The van der Waals surface area contributed by atoms with Gasteiger partial charge in [-0.05, 0) is 23.1 Å². The number of hydrogen-bond acceptors (Lipinski definition) is 5. The Labute approximate surface area is 130 Å². The first-order chi connectivity index (χ1) is 10.1. The Morgan fingerprint density at radius 3 is 1.95 bits per heavy atom. The Morgan fingerprint density at radius 2 is 1.50 bits per heavy atom. The predicted molar refractivity (Wildman–Crippen MR) is 83.1 cm³/mol. The second kappa shape index (κ2) is 5.48. The van der Waals surface area contributed by atoms with Gasteiger partial charge in [-0.25, -0.2) is 9.59 Å². The zero-order chi connectivity index (χ0) is 16.5. The second-order valence-corrected chi connectivity index (χ2v) is 6.71. The van der Waals surface area contributed by atoms with Crippen LogP contribution in [0.2, 0.25) is 0 Å². The summed E-state index contributed by atoms with van der Waals surface area (Å²) in [6, 6.07) is 7.78. The number of carbonyl (C=O) groups excluding carboxylic acids is 2. The summed E-state index contributed by atoms with van der Waals surface area (Å²) in [5, 5.41) is 2.92. The molecule has 22 heavy (non-hydrogen) atoms. The molecular weight excluding hydrogens is 282 g/mol. The lowest BCUT2D eigenvalue weighted by Crippen LogP contribution is -2.42. The van der Waals surface area contributed by atoms with Gasteiger partial charge in [0.25, 0.3) is 5.79 Å². The standard InChI is InChI=1S/C17H21NO4/c1-16(2,3)11-6-8-12(9-7-11)18-10-13-14(19)21-17(4,5)22-15(13)20/h6-10,18H,1-5H3. The molecule has 0 aliphatic carbocycles. The smallest absolute Gasteiger partial charge is 0.350 e. The van der Waals surface area contributed by atoms with Crippen molar-refractivity contribution in [3.8, 4) is 0 Å².